The minimum absolute atomic E-state index is 0.171. The Labute approximate surface area is 137 Å². The summed E-state index contributed by atoms with van der Waals surface area (Å²) in [7, 11) is 3.47. The summed E-state index contributed by atoms with van der Waals surface area (Å²) in [5, 5.41) is 5.23. The van der Waals surface area contributed by atoms with Crippen LogP contribution in [0.15, 0.2) is 24.3 Å². The second-order valence-electron chi connectivity index (χ2n) is 6.02. The van der Waals surface area contributed by atoms with Crippen LogP contribution in [0.5, 0.6) is 5.75 Å². The van der Waals surface area contributed by atoms with E-state index in [1.54, 1.807) is 7.11 Å². The van der Waals surface area contributed by atoms with E-state index in [1.165, 1.54) is 0 Å². The summed E-state index contributed by atoms with van der Waals surface area (Å²) in [5.41, 5.74) is 1.08. The first kappa shape index (κ1) is 17.3. The van der Waals surface area contributed by atoms with Crippen LogP contribution in [-0.4, -0.2) is 43.6 Å². The van der Waals surface area contributed by atoms with Gasteiger partial charge in [0.1, 0.15) is 5.75 Å². The third kappa shape index (κ3) is 5.90. The normalized spacial score (nSPS) is 14.7. The number of hydrogen-bond acceptors (Lipinski definition) is 4. The van der Waals surface area contributed by atoms with Crippen molar-refractivity contribution >= 4 is 11.9 Å². The SMILES string of the molecule is COc1ccc(CN(C)CC(=O)NC(=O)NC2CCCC2)cc1. The molecule has 0 bridgehead atoms. The molecule has 0 radical (unpaired) electrons. The highest BCUT2D eigenvalue weighted by molar-refractivity contribution is 5.95. The maximum atomic E-state index is 11.9. The summed E-state index contributed by atoms with van der Waals surface area (Å²) in [6, 6.07) is 7.51. The highest BCUT2D eigenvalue weighted by Crippen LogP contribution is 2.17. The Balaban J connectivity index is 1.71. The van der Waals surface area contributed by atoms with Crippen LogP contribution in [0.4, 0.5) is 4.79 Å². The highest BCUT2D eigenvalue weighted by atomic mass is 16.5. The van der Waals surface area contributed by atoms with Crippen LogP contribution in [0.25, 0.3) is 0 Å². The molecule has 126 valence electrons. The Morgan fingerprint density at radius 3 is 2.48 bits per heavy atom. The first-order chi connectivity index (χ1) is 11.1. The molecule has 2 N–H and O–H groups in total. The summed E-state index contributed by atoms with van der Waals surface area (Å²) in [6.45, 7) is 0.797. The monoisotopic (exact) mass is 319 g/mol. The molecule has 1 aliphatic carbocycles. The number of carbonyl (C=O) groups is 2. The number of carbonyl (C=O) groups excluding carboxylic acids is 2. The van der Waals surface area contributed by atoms with Gasteiger partial charge in [0.05, 0.1) is 13.7 Å². The molecule has 6 nitrogen and oxygen atoms in total. The zero-order chi connectivity index (χ0) is 16.7. The Hall–Kier alpha value is -2.08. The smallest absolute Gasteiger partial charge is 0.321 e. The number of urea groups is 1. The van der Waals surface area contributed by atoms with Gasteiger partial charge in [-0.2, -0.15) is 0 Å². The maximum absolute atomic E-state index is 11.9. The molecule has 0 aromatic heterocycles. The van der Waals surface area contributed by atoms with Crippen molar-refractivity contribution < 1.29 is 14.3 Å². The molecule has 1 saturated carbocycles. The number of rotatable bonds is 6. The van der Waals surface area contributed by atoms with E-state index in [0.717, 1.165) is 37.0 Å². The van der Waals surface area contributed by atoms with Gasteiger partial charge in [-0.1, -0.05) is 25.0 Å². The minimum atomic E-state index is -0.389. The summed E-state index contributed by atoms with van der Waals surface area (Å²) < 4.78 is 5.11. The van der Waals surface area contributed by atoms with Gasteiger partial charge in [0, 0.05) is 12.6 Å². The zero-order valence-corrected chi connectivity index (χ0v) is 13.8. The molecule has 0 spiro atoms. The molecule has 1 fully saturated rings. The number of benzene rings is 1. The van der Waals surface area contributed by atoms with Gasteiger partial charge in [0.25, 0.3) is 0 Å². The van der Waals surface area contributed by atoms with Gasteiger partial charge in [0.15, 0.2) is 0 Å². The first-order valence-electron chi connectivity index (χ1n) is 7.98. The fourth-order valence-electron chi connectivity index (χ4n) is 2.80. The lowest BCUT2D eigenvalue weighted by Gasteiger charge is -2.17. The van der Waals surface area contributed by atoms with Crippen LogP contribution in [0, 0.1) is 0 Å². The Kier molecular flexibility index (Phi) is 6.40. The van der Waals surface area contributed by atoms with E-state index in [0.29, 0.717) is 6.54 Å². The second kappa shape index (κ2) is 8.53. The van der Waals surface area contributed by atoms with E-state index < -0.39 is 0 Å². The Bertz CT molecular complexity index is 524. The average Bonchev–Trinajstić information content (AvgIpc) is 3.00. The number of likely N-dealkylation sites (N-methyl/N-ethyl adjacent to an activating group) is 1. The van der Waals surface area contributed by atoms with Gasteiger partial charge in [-0.05, 0) is 37.6 Å². The fourth-order valence-corrected chi connectivity index (χ4v) is 2.80. The third-order valence-corrected chi connectivity index (χ3v) is 3.97. The summed E-state index contributed by atoms with van der Waals surface area (Å²) in [6.07, 6.45) is 4.28. The molecular formula is C17H25N3O3. The van der Waals surface area contributed by atoms with E-state index in [-0.39, 0.29) is 24.5 Å². The molecule has 0 saturated heterocycles. The van der Waals surface area contributed by atoms with Crippen LogP contribution < -0.4 is 15.4 Å². The highest BCUT2D eigenvalue weighted by Gasteiger charge is 2.18. The molecule has 0 atom stereocenters. The Morgan fingerprint density at radius 2 is 1.87 bits per heavy atom. The molecule has 0 heterocycles. The molecular weight excluding hydrogens is 294 g/mol. The maximum Gasteiger partial charge on any atom is 0.321 e. The van der Waals surface area contributed by atoms with E-state index in [2.05, 4.69) is 10.6 Å². The van der Waals surface area contributed by atoms with Gasteiger partial charge in [-0.25, -0.2) is 4.79 Å². The van der Waals surface area contributed by atoms with Crippen molar-refractivity contribution in [1.29, 1.82) is 0 Å². The number of methoxy groups -OCH3 is 1. The van der Waals surface area contributed by atoms with Crippen molar-refractivity contribution in [2.45, 2.75) is 38.3 Å². The molecule has 1 aliphatic rings. The summed E-state index contributed by atoms with van der Waals surface area (Å²) >= 11 is 0. The Morgan fingerprint density at radius 1 is 1.22 bits per heavy atom. The van der Waals surface area contributed by atoms with E-state index in [4.69, 9.17) is 4.74 Å². The molecule has 6 heteroatoms. The zero-order valence-electron chi connectivity index (χ0n) is 13.8. The molecule has 1 aromatic rings. The summed E-state index contributed by atoms with van der Waals surface area (Å²) in [4.78, 5) is 25.5. The van der Waals surface area contributed by atoms with E-state index in [1.807, 2.05) is 36.2 Å². The van der Waals surface area contributed by atoms with Crippen LogP contribution in [0.3, 0.4) is 0 Å². The van der Waals surface area contributed by atoms with Crippen LogP contribution in [0.1, 0.15) is 31.2 Å². The minimum Gasteiger partial charge on any atom is -0.497 e. The number of ether oxygens (including phenoxy) is 1. The summed E-state index contributed by atoms with van der Waals surface area (Å²) in [5.74, 6) is 0.509. The average molecular weight is 319 g/mol. The van der Waals surface area contributed by atoms with Crippen molar-refractivity contribution in [2.24, 2.45) is 0 Å². The topological polar surface area (TPSA) is 70.7 Å². The molecule has 3 amide bonds. The largest absolute Gasteiger partial charge is 0.497 e. The first-order valence-corrected chi connectivity index (χ1v) is 7.98. The van der Waals surface area contributed by atoms with Crippen molar-refractivity contribution in [1.82, 2.24) is 15.5 Å². The van der Waals surface area contributed by atoms with Gasteiger partial charge in [-0.3, -0.25) is 15.0 Å². The van der Waals surface area contributed by atoms with Crippen molar-refractivity contribution in [2.75, 3.05) is 20.7 Å². The van der Waals surface area contributed by atoms with E-state index in [9.17, 15) is 9.59 Å². The van der Waals surface area contributed by atoms with Gasteiger partial charge in [0.2, 0.25) is 5.91 Å². The standard InChI is InChI=1S/C17H25N3O3/c1-20(11-13-7-9-15(23-2)10-8-13)12-16(21)19-17(22)18-14-5-3-4-6-14/h7-10,14H,3-6,11-12H2,1-2H3,(H2,18,19,21,22). The number of hydrogen-bond donors (Lipinski definition) is 2. The van der Waals surface area contributed by atoms with Crippen LogP contribution in [-0.2, 0) is 11.3 Å². The van der Waals surface area contributed by atoms with Crippen molar-refractivity contribution in [3.63, 3.8) is 0 Å². The molecule has 0 unspecified atom stereocenters. The lowest BCUT2D eigenvalue weighted by molar-refractivity contribution is -0.121. The molecule has 1 aromatic carbocycles. The van der Waals surface area contributed by atoms with Crippen LogP contribution >= 0.6 is 0 Å². The lowest BCUT2D eigenvalue weighted by atomic mass is 10.2. The van der Waals surface area contributed by atoms with E-state index >= 15 is 0 Å². The van der Waals surface area contributed by atoms with Crippen molar-refractivity contribution in [3.8, 4) is 5.75 Å². The molecule has 23 heavy (non-hydrogen) atoms. The number of imide groups is 1. The van der Waals surface area contributed by atoms with Crippen molar-refractivity contribution in [3.05, 3.63) is 29.8 Å². The molecule has 0 aliphatic heterocycles. The number of nitrogens with one attached hydrogen (secondary N) is 2. The number of nitrogens with zero attached hydrogens (tertiary/aromatic N) is 1. The third-order valence-electron chi connectivity index (χ3n) is 3.97. The van der Waals surface area contributed by atoms with Gasteiger partial charge < -0.3 is 10.1 Å². The quantitative estimate of drug-likeness (QED) is 0.840. The second-order valence-corrected chi connectivity index (χ2v) is 6.02. The predicted octanol–water partition coefficient (Wildman–Crippen LogP) is 1.90. The predicted molar refractivity (Wildman–Crippen MR) is 88.3 cm³/mol. The lowest BCUT2D eigenvalue weighted by Crippen LogP contribution is -2.46. The fraction of sp³-hybridized carbons (Fsp3) is 0.529. The van der Waals surface area contributed by atoms with Gasteiger partial charge >= 0.3 is 6.03 Å². The number of amides is 3. The van der Waals surface area contributed by atoms with Gasteiger partial charge in [-0.15, -0.1) is 0 Å². The molecule has 2 rings (SSSR count). The van der Waals surface area contributed by atoms with Crippen LogP contribution in [0.2, 0.25) is 0 Å².